The zero-order valence-corrected chi connectivity index (χ0v) is 26.4. The molecule has 3 nitrogen and oxygen atoms in total. The number of nitrogens with zero attached hydrogens (tertiary/aromatic N) is 1. The van der Waals surface area contributed by atoms with E-state index < -0.39 is 0 Å². The molecule has 1 aliphatic carbocycles. The largest absolute Gasteiger partial charge is 0.506 e. The van der Waals surface area contributed by atoms with Crippen LogP contribution in [0.1, 0.15) is 36.1 Å². The Labute approximate surface area is 266 Å². The zero-order valence-electron chi connectivity index (χ0n) is 26.4. The first-order valence-corrected chi connectivity index (χ1v) is 15.4. The van der Waals surface area contributed by atoms with Gasteiger partial charge in [-0.1, -0.05) is 98.8 Å². The number of hydrogen-bond donors (Lipinski definition) is 1. The van der Waals surface area contributed by atoms with E-state index in [0.717, 1.165) is 44.9 Å². The van der Waals surface area contributed by atoms with E-state index in [9.17, 15) is 5.11 Å². The van der Waals surface area contributed by atoms with Crippen molar-refractivity contribution in [3.05, 3.63) is 150 Å². The lowest BCUT2D eigenvalue weighted by molar-refractivity contribution is 0.415. The topological polar surface area (TPSA) is 32.7 Å². The third-order valence-electron chi connectivity index (χ3n) is 9.19. The Kier molecular flexibility index (Phi) is 6.97. The molecule has 1 N–H and O–H groups in total. The number of methoxy groups -OCH3 is 1. The first-order valence-electron chi connectivity index (χ1n) is 15.4. The summed E-state index contributed by atoms with van der Waals surface area (Å²) < 4.78 is 5.89. The number of aryl methyl sites for hydroxylation is 2. The van der Waals surface area contributed by atoms with Gasteiger partial charge in [-0.15, -0.1) is 0 Å². The molecule has 0 aromatic heterocycles. The number of anilines is 3. The van der Waals surface area contributed by atoms with Crippen LogP contribution in [0.15, 0.2) is 127 Å². The highest BCUT2D eigenvalue weighted by molar-refractivity contribution is 5.92. The maximum Gasteiger partial charge on any atom is 0.143 e. The number of phenolic OH excluding ortho intramolecular Hbond substituents is 1. The van der Waals surface area contributed by atoms with Gasteiger partial charge < -0.3 is 14.7 Å². The van der Waals surface area contributed by atoms with Crippen LogP contribution in [0, 0.1) is 13.8 Å². The second kappa shape index (κ2) is 11.0. The van der Waals surface area contributed by atoms with Crippen LogP contribution in [0.3, 0.4) is 0 Å². The van der Waals surface area contributed by atoms with Gasteiger partial charge in [-0.2, -0.15) is 0 Å². The molecule has 0 saturated heterocycles. The number of rotatable bonds is 6. The lowest BCUT2D eigenvalue weighted by Crippen LogP contribution is -2.15. The second-order valence-electron chi connectivity index (χ2n) is 12.5. The highest BCUT2D eigenvalue weighted by atomic mass is 16.5. The van der Waals surface area contributed by atoms with Crippen molar-refractivity contribution in [2.24, 2.45) is 0 Å². The van der Waals surface area contributed by atoms with Gasteiger partial charge in [0.2, 0.25) is 0 Å². The van der Waals surface area contributed by atoms with Crippen LogP contribution in [-0.2, 0) is 5.41 Å². The van der Waals surface area contributed by atoms with Crippen LogP contribution in [0.2, 0.25) is 0 Å². The van der Waals surface area contributed by atoms with Crippen molar-refractivity contribution in [2.75, 3.05) is 12.0 Å². The minimum atomic E-state index is -0.0868. The van der Waals surface area contributed by atoms with E-state index in [1.165, 1.54) is 27.8 Å². The minimum absolute atomic E-state index is 0.0868. The van der Waals surface area contributed by atoms with Crippen molar-refractivity contribution >= 4 is 17.1 Å². The van der Waals surface area contributed by atoms with E-state index in [4.69, 9.17) is 4.74 Å². The summed E-state index contributed by atoms with van der Waals surface area (Å²) in [6.45, 7) is 8.69. The van der Waals surface area contributed by atoms with Gasteiger partial charge in [0.05, 0.1) is 18.5 Å². The number of benzene rings is 6. The van der Waals surface area contributed by atoms with Crippen molar-refractivity contribution in [1.29, 1.82) is 0 Å². The fourth-order valence-corrected chi connectivity index (χ4v) is 6.85. The molecule has 0 radical (unpaired) electrons. The number of ether oxygens (including phenoxy) is 1. The molecule has 0 fully saturated rings. The molecule has 6 aromatic rings. The smallest absolute Gasteiger partial charge is 0.143 e. The Hall–Kier alpha value is -5.28. The van der Waals surface area contributed by atoms with Crippen LogP contribution in [0.5, 0.6) is 11.5 Å². The molecule has 0 unspecified atom stereocenters. The van der Waals surface area contributed by atoms with Crippen molar-refractivity contribution < 1.29 is 9.84 Å². The number of phenols is 1. The SMILES string of the molecule is COc1cc(C)ccc1N(c1ccc(-c2ccc3c(c2)C(C)(C)c2ccccc2-3)c(-c2ccccc2)c1)c1ccc(C)cc1O. The first-order chi connectivity index (χ1) is 21.8. The Morgan fingerprint density at radius 2 is 1.22 bits per heavy atom. The van der Waals surface area contributed by atoms with E-state index >= 15 is 0 Å². The molecule has 0 saturated carbocycles. The lowest BCUT2D eigenvalue weighted by Gasteiger charge is -2.29. The van der Waals surface area contributed by atoms with Crippen LogP contribution >= 0.6 is 0 Å². The summed E-state index contributed by atoms with van der Waals surface area (Å²) in [7, 11) is 1.69. The summed E-state index contributed by atoms with van der Waals surface area (Å²) in [5.41, 5.74) is 14.4. The Morgan fingerprint density at radius 3 is 1.98 bits per heavy atom. The second-order valence-corrected chi connectivity index (χ2v) is 12.5. The van der Waals surface area contributed by atoms with Crippen molar-refractivity contribution in [3.63, 3.8) is 0 Å². The Balaban J connectivity index is 1.44. The van der Waals surface area contributed by atoms with Crippen molar-refractivity contribution in [3.8, 4) is 44.9 Å². The van der Waals surface area contributed by atoms with Gasteiger partial charge in [0.25, 0.3) is 0 Å². The first kappa shape index (κ1) is 28.5. The molecule has 7 rings (SSSR count). The number of hydrogen-bond acceptors (Lipinski definition) is 3. The molecule has 45 heavy (non-hydrogen) atoms. The molecular weight excluding hydrogens is 550 g/mol. The van der Waals surface area contributed by atoms with Gasteiger partial charge in [-0.05, 0) is 112 Å². The molecule has 1 aliphatic rings. The lowest BCUT2D eigenvalue weighted by atomic mass is 9.81. The standard InChI is InChI=1S/C42H37NO2/c1-27-15-21-38(40(44)23-27)43(39-22-16-28(2)24-41(39)45-5)31-18-20-32(35(26-31)29-11-7-6-8-12-29)30-17-19-34-33-13-9-10-14-36(33)42(3,4)37(34)25-30/h6-26,44H,1-5H3. The summed E-state index contributed by atoms with van der Waals surface area (Å²) in [5.74, 6) is 0.948. The number of aromatic hydroxyl groups is 1. The average Bonchev–Trinajstić information content (AvgIpc) is 3.29. The van der Waals surface area contributed by atoms with Crippen LogP contribution < -0.4 is 9.64 Å². The summed E-state index contributed by atoms with van der Waals surface area (Å²) in [6, 6.07) is 44.8. The molecule has 0 heterocycles. The van der Waals surface area contributed by atoms with E-state index in [-0.39, 0.29) is 11.2 Å². The van der Waals surface area contributed by atoms with Crippen LogP contribution in [0.4, 0.5) is 17.1 Å². The van der Waals surface area contributed by atoms with E-state index in [1.807, 2.05) is 25.1 Å². The highest BCUT2D eigenvalue weighted by Crippen LogP contribution is 2.51. The van der Waals surface area contributed by atoms with E-state index in [0.29, 0.717) is 5.69 Å². The van der Waals surface area contributed by atoms with Crippen molar-refractivity contribution in [1.82, 2.24) is 0 Å². The van der Waals surface area contributed by atoms with Crippen LogP contribution in [0.25, 0.3) is 33.4 Å². The molecule has 222 valence electrons. The minimum Gasteiger partial charge on any atom is -0.506 e. The predicted octanol–water partition coefficient (Wildman–Crippen LogP) is 11.1. The van der Waals surface area contributed by atoms with Crippen molar-refractivity contribution in [2.45, 2.75) is 33.1 Å². The number of fused-ring (bicyclic) bond motifs is 3. The quantitative estimate of drug-likeness (QED) is 0.210. The van der Waals surface area contributed by atoms with Gasteiger partial charge in [-0.3, -0.25) is 0 Å². The van der Waals surface area contributed by atoms with Gasteiger partial charge >= 0.3 is 0 Å². The molecule has 6 aromatic carbocycles. The predicted molar refractivity (Wildman–Crippen MR) is 187 cm³/mol. The molecule has 3 heteroatoms. The Morgan fingerprint density at radius 1 is 0.556 bits per heavy atom. The normalized spacial score (nSPS) is 12.8. The van der Waals surface area contributed by atoms with E-state index in [1.54, 1.807) is 13.2 Å². The third-order valence-corrected chi connectivity index (χ3v) is 9.19. The highest BCUT2D eigenvalue weighted by Gasteiger charge is 2.35. The average molecular weight is 588 g/mol. The molecule has 0 bridgehead atoms. The molecule has 0 atom stereocenters. The summed E-state index contributed by atoms with van der Waals surface area (Å²) in [5, 5.41) is 11.3. The summed E-state index contributed by atoms with van der Waals surface area (Å²) >= 11 is 0. The molecule has 0 spiro atoms. The van der Waals surface area contributed by atoms with Gasteiger partial charge in [0.15, 0.2) is 0 Å². The Bertz CT molecular complexity index is 2060. The molecule has 0 aliphatic heterocycles. The van der Waals surface area contributed by atoms with Gasteiger partial charge in [0, 0.05) is 11.1 Å². The zero-order chi connectivity index (χ0) is 31.3. The fourth-order valence-electron chi connectivity index (χ4n) is 6.85. The maximum absolute atomic E-state index is 11.3. The summed E-state index contributed by atoms with van der Waals surface area (Å²) in [6.07, 6.45) is 0. The maximum atomic E-state index is 11.3. The third kappa shape index (κ3) is 4.85. The van der Waals surface area contributed by atoms with Gasteiger partial charge in [-0.25, -0.2) is 0 Å². The van der Waals surface area contributed by atoms with E-state index in [2.05, 4.69) is 129 Å². The summed E-state index contributed by atoms with van der Waals surface area (Å²) in [4.78, 5) is 2.09. The molecular formula is C42H37NO2. The molecule has 0 amide bonds. The monoisotopic (exact) mass is 587 g/mol. The van der Waals surface area contributed by atoms with Gasteiger partial charge in [0.1, 0.15) is 11.5 Å². The van der Waals surface area contributed by atoms with Crippen LogP contribution in [-0.4, -0.2) is 12.2 Å². The fraction of sp³-hybridized carbons (Fsp3) is 0.143.